The monoisotopic (exact) mass is 698 g/mol. The molecule has 0 bridgehead atoms. The minimum Gasteiger partial charge on any atom is -0.319 e. The van der Waals surface area contributed by atoms with Crippen LogP contribution in [0.5, 0.6) is 0 Å². The molecule has 0 heterocycles. The number of anilines is 2. The standard InChI is InChI=1S/C41H50N2O8/c1-20(2)26-15-25(42-38(50)36(48)33-29(44)16-40(7,8)17-30(33)45)12-22(5)28(26)14-24-11-23(6)35(27(13-24)21(3)4)43-39(51)37(49)34-31(46)18-41(9,10)19-32(34)47/h11-13,15,20-21,33-34H,14,16-19H2,1-10H3,(H,42,50)(H,43,51). The number of hydrogen-bond acceptors (Lipinski definition) is 8. The highest BCUT2D eigenvalue weighted by Crippen LogP contribution is 2.37. The Labute approximate surface area is 299 Å². The zero-order chi connectivity index (χ0) is 38.3. The Morgan fingerprint density at radius 3 is 1.49 bits per heavy atom. The molecule has 0 saturated heterocycles. The van der Waals surface area contributed by atoms with Gasteiger partial charge in [-0.1, -0.05) is 67.5 Å². The molecule has 0 aromatic heterocycles. The van der Waals surface area contributed by atoms with Crippen molar-refractivity contribution in [3.8, 4) is 0 Å². The van der Waals surface area contributed by atoms with Crippen LogP contribution in [-0.4, -0.2) is 46.5 Å². The predicted molar refractivity (Wildman–Crippen MR) is 194 cm³/mol. The molecule has 10 nitrogen and oxygen atoms in total. The van der Waals surface area contributed by atoms with E-state index in [2.05, 4.69) is 10.6 Å². The summed E-state index contributed by atoms with van der Waals surface area (Å²) in [6.45, 7) is 18.8. The normalized spacial score (nSPS) is 18.0. The summed E-state index contributed by atoms with van der Waals surface area (Å²) in [5.41, 5.74) is 4.99. The molecule has 0 radical (unpaired) electrons. The van der Waals surface area contributed by atoms with E-state index in [1.165, 1.54) is 0 Å². The van der Waals surface area contributed by atoms with E-state index >= 15 is 0 Å². The molecule has 0 aliphatic heterocycles. The van der Waals surface area contributed by atoms with Gasteiger partial charge in [0.1, 0.15) is 11.8 Å². The third kappa shape index (κ3) is 8.65. The summed E-state index contributed by atoms with van der Waals surface area (Å²) in [6.07, 6.45) is 0.716. The Balaban J connectivity index is 1.57. The smallest absolute Gasteiger partial charge is 0.293 e. The third-order valence-corrected chi connectivity index (χ3v) is 9.93. The zero-order valence-corrected chi connectivity index (χ0v) is 31.4. The number of Topliss-reactive ketones (excluding diaryl/α,β-unsaturated/α-hetero) is 6. The van der Waals surface area contributed by atoms with Gasteiger partial charge in [-0.25, -0.2) is 0 Å². The zero-order valence-electron chi connectivity index (χ0n) is 31.4. The Morgan fingerprint density at radius 2 is 1.06 bits per heavy atom. The number of aryl methyl sites for hydroxylation is 2. The second-order valence-corrected chi connectivity index (χ2v) is 16.6. The van der Waals surface area contributed by atoms with Gasteiger partial charge in [-0.2, -0.15) is 0 Å². The fourth-order valence-electron chi connectivity index (χ4n) is 7.49. The molecule has 2 amide bonds. The van der Waals surface area contributed by atoms with Crippen molar-refractivity contribution in [3.05, 3.63) is 57.6 Å². The molecule has 51 heavy (non-hydrogen) atoms. The topological polar surface area (TPSA) is 161 Å². The first-order chi connectivity index (χ1) is 23.5. The van der Waals surface area contributed by atoms with Crippen molar-refractivity contribution >= 4 is 57.9 Å². The van der Waals surface area contributed by atoms with E-state index < -0.39 is 69.2 Å². The molecular weight excluding hydrogens is 648 g/mol. The van der Waals surface area contributed by atoms with E-state index in [0.717, 1.165) is 27.8 Å². The molecule has 2 aliphatic carbocycles. The SMILES string of the molecule is Cc1cc(NC(=O)C(=O)C2C(=O)CC(C)(C)CC2=O)cc(C(C)C)c1Cc1cc(C)c(NC(=O)C(=O)C2C(=O)CC(C)(C)CC2=O)c(C(C)C)c1. The average molecular weight is 699 g/mol. The van der Waals surface area contributed by atoms with Crippen molar-refractivity contribution in [2.24, 2.45) is 22.7 Å². The highest BCUT2D eigenvalue weighted by Gasteiger charge is 2.46. The number of benzene rings is 2. The lowest BCUT2D eigenvalue weighted by atomic mass is 9.70. The Hall–Kier alpha value is -4.60. The Morgan fingerprint density at radius 1 is 0.627 bits per heavy atom. The van der Waals surface area contributed by atoms with Crippen molar-refractivity contribution in [2.75, 3.05) is 10.6 Å². The van der Waals surface area contributed by atoms with Crippen LogP contribution in [0.3, 0.4) is 0 Å². The molecule has 4 rings (SSSR count). The summed E-state index contributed by atoms with van der Waals surface area (Å²) < 4.78 is 0. The van der Waals surface area contributed by atoms with Gasteiger partial charge < -0.3 is 10.6 Å². The summed E-state index contributed by atoms with van der Waals surface area (Å²) in [6, 6.07) is 7.44. The Kier molecular flexibility index (Phi) is 11.2. The number of nitrogens with one attached hydrogen (secondary N) is 2. The molecule has 2 aromatic carbocycles. The Bertz CT molecular complexity index is 1820. The van der Waals surface area contributed by atoms with Gasteiger partial charge in [0.05, 0.1) is 0 Å². The van der Waals surface area contributed by atoms with E-state index in [1.54, 1.807) is 39.8 Å². The third-order valence-electron chi connectivity index (χ3n) is 9.93. The fourth-order valence-corrected chi connectivity index (χ4v) is 7.49. The molecule has 272 valence electrons. The fraction of sp³-hybridized carbons (Fsp3) is 0.512. The highest BCUT2D eigenvalue weighted by molar-refractivity contribution is 6.49. The number of carbonyl (C=O) groups is 8. The van der Waals surface area contributed by atoms with Crippen LogP contribution in [0.25, 0.3) is 0 Å². The van der Waals surface area contributed by atoms with Gasteiger partial charge in [0.2, 0.25) is 11.6 Å². The van der Waals surface area contributed by atoms with E-state index in [4.69, 9.17) is 0 Å². The lowest BCUT2D eigenvalue weighted by molar-refractivity contribution is -0.150. The van der Waals surface area contributed by atoms with Crippen molar-refractivity contribution in [1.29, 1.82) is 0 Å². The largest absolute Gasteiger partial charge is 0.319 e. The minimum atomic E-state index is -1.58. The van der Waals surface area contributed by atoms with Crippen molar-refractivity contribution in [1.82, 2.24) is 0 Å². The summed E-state index contributed by atoms with van der Waals surface area (Å²) in [7, 11) is 0. The molecule has 2 aliphatic rings. The molecule has 2 fully saturated rings. The number of carbonyl (C=O) groups excluding carboxylic acids is 8. The molecule has 0 atom stereocenters. The van der Waals surface area contributed by atoms with Gasteiger partial charge in [-0.3, -0.25) is 38.4 Å². The molecular formula is C41H50N2O8. The van der Waals surface area contributed by atoms with Crippen LogP contribution in [0.4, 0.5) is 11.4 Å². The van der Waals surface area contributed by atoms with E-state index in [-0.39, 0.29) is 37.5 Å². The van der Waals surface area contributed by atoms with Crippen LogP contribution < -0.4 is 10.6 Å². The maximum absolute atomic E-state index is 13.2. The van der Waals surface area contributed by atoms with Crippen LogP contribution in [0.2, 0.25) is 0 Å². The molecule has 0 spiro atoms. The number of amides is 2. The summed E-state index contributed by atoms with van der Waals surface area (Å²) in [5, 5.41) is 5.34. The number of hydrogen-bond donors (Lipinski definition) is 2. The first kappa shape index (κ1) is 39.2. The lowest BCUT2D eigenvalue weighted by Gasteiger charge is -2.31. The molecule has 10 heteroatoms. The van der Waals surface area contributed by atoms with Crippen LogP contribution in [0, 0.1) is 36.5 Å². The quantitative estimate of drug-likeness (QED) is 0.216. The molecule has 0 unspecified atom stereocenters. The van der Waals surface area contributed by atoms with Crippen LogP contribution in [-0.2, 0) is 44.8 Å². The number of rotatable bonds is 10. The minimum absolute atomic E-state index is 0.0287. The first-order valence-electron chi connectivity index (χ1n) is 17.6. The molecule has 2 N–H and O–H groups in total. The highest BCUT2D eigenvalue weighted by atomic mass is 16.2. The van der Waals surface area contributed by atoms with Crippen molar-refractivity contribution in [3.63, 3.8) is 0 Å². The van der Waals surface area contributed by atoms with E-state index in [9.17, 15) is 38.4 Å². The lowest BCUT2D eigenvalue weighted by Crippen LogP contribution is -2.45. The maximum atomic E-state index is 13.2. The van der Waals surface area contributed by atoms with Gasteiger partial charge in [-0.15, -0.1) is 0 Å². The van der Waals surface area contributed by atoms with Crippen molar-refractivity contribution < 1.29 is 38.4 Å². The molecule has 2 saturated carbocycles. The summed E-state index contributed by atoms with van der Waals surface area (Å²) in [4.78, 5) is 103. The molecule has 2 aromatic rings. The van der Waals surface area contributed by atoms with Crippen LogP contribution in [0.15, 0.2) is 24.3 Å². The van der Waals surface area contributed by atoms with Crippen LogP contribution >= 0.6 is 0 Å². The second-order valence-electron chi connectivity index (χ2n) is 16.6. The van der Waals surface area contributed by atoms with E-state index in [1.807, 2.05) is 53.7 Å². The van der Waals surface area contributed by atoms with Crippen molar-refractivity contribution in [2.45, 2.75) is 113 Å². The van der Waals surface area contributed by atoms with Gasteiger partial charge in [0, 0.05) is 37.1 Å². The number of ketones is 6. The van der Waals surface area contributed by atoms with Gasteiger partial charge in [0.15, 0.2) is 23.1 Å². The summed E-state index contributed by atoms with van der Waals surface area (Å²) >= 11 is 0. The van der Waals surface area contributed by atoms with Gasteiger partial charge in [0.25, 0.3) is 11.8 Å². The van der Waals surface area contributed by atoms with Crippen LogP contribution in [0.1, 0.15) is 126 Å². The van der Waals surface area contributed by atoms with Gasteiger partial charge in [-0.05, 0) is 88.4 Å². The maximum Gasteiger partial charge on any atom is 0.293 e. The average Bonchev–Trinajstić information content (AvgIpc) is 2.96. The summed E-state index contributed by atoms with van der Waals surface area (Å²) in [5.74, 6) is -9.36. The predicted octanol–water partition coefficient (Wildman–Crippen LogP) is 6.31. The van der Waals surface area contributed by atoms with E-state index in [0.29, 0.717) is 23.4 Å². The first-order valence-corrected chi connectivity index (χ1v) is 17.6. The van der Waals surface area contributed by atoms with Gasteiger partial charge >= 0.3 is 0 Å². The second kappa shape index (κ2) is 14.6.